The van der Waals surface area contributed by atoms with E-state index < -0.39 is 0 Å². The van der Waals surface area contributed by atoms with Crippen molar-refractivity contribution in [1.29, 1.82) is 0 Å². The maximum absolute atomic E-state index is 12.9. The molecular formula is C24H27N3O3. The lowest BCUT2D eigenvalue weighted by Crippen LogP contribution is -2.44. The Hall–Kier alpha value is -3.15. The van der Waals surface area contributed by atoms with Gasteiger partial charge in [-0.3, -0.25) is 14.4 Å². The van der Waals surface area contributed by atoms with Crippen LogP contribution in [0.15, 0.2) is 48.5 Å². The van der Waals surface area contributed by atoms with Gasteiger partial charge < -0.3 is 15.5 Å². The van der Waals surface area contributed by atoms with Crippen LogP contribution in [0.5, 0.6) is 0 Å². The Balaban J connectivity index is 1.43. The van der Waals surface area contributed by atoms with E-state index in [1.165, 1.54) is 0 Å². The topological polar surface area (TPSA) is 78.5 Å². The number of para-hydroxylation sites is 1. The minimum absolute atomic E-state index is 0.140. The molecule has 2 aromatic rings. The molecule has 3 amide bonds. The van der Waals surface area contributed by atoms with Gasteiger partial charge in [-0.15, -0.1) is 0 Å². The van der Waals surface area contributed by atoms with Gasteiger partial charge in [-0.05, 0) is 62.4 Å². The monoisotopic (exact) mass is 405 g/mol. The zero-order chi connectivity index (χ0) is 21.1. The van der Waals surface area contributed by atoms with Gasteiger partial charge in [0.25, 0.3) is 5.91 Å². The van der Waals surface area contributed by atoms with Crippen LogP contribution in [0.25, 0.3) is 0 Å². The molecule has 30 heavy (non-hydrogen) atoms. The highest BCUT2D eigenvalue weighted by Crippen LogP contribution is 2.32. The summed E-state index contributed by atoms with van der Waals surface area (Å²) in [6.45, 7) is 3.15. The second-order valence-electron chi connectivity index (χ2n) is 8.26. The number of amides is 3. The van der Waals surface area contributed by atoms with E-state index in [9.17, 15) is 14.4 Å². The smallest absolute Gasteiger partial charge is 0.257 e. The molecule has 1 unspecified atom stereocenters. The number of rotatable bonds is 5. The summed E-state index contributed by atoms with van der Waals surface area (Å²) in [5, 5.41) is 5.82. The number of benzene rings is 2. The summed E-state index contributed by atoms with van der Waals surface area (Å²) in [5.74, 6) is -0.317. The summed E-state index contributed by atoms with van der Waals surface area (Å²) in [4.78, 5) is 39.9. The van der Waals surface area contributed by atoms with Crippen LogP contribution in [0.4, 0.5) is 11.4 Å². The standard InChI is InChI=1S/C24H27N3O3/c1-16-6-4-8-19(14-16)25-23(29)20-9-2-3-10-21(20)26-22(28)18-7-5-13-27(15-18)24(30)17-11-12-17/h2-4,6,8-10,14,17-18H,5,7,11-13,15H2,1H3,(H,25,29)(H,26,28). The molecule has 0 spiro atoms. The number of aryl methyl sites for hydroxylation is 1. The largest absolute Gasteiger partial charge is 0.342 e. The van der Waals surface area contributed by atoms with Crippen molar-refractivity contribution in [3.05, 3.63) is 59.7 Å². The average molecular weight is 405 g/mol. The molecule has 1 atom stereocenters. The number of likely N-dealkylation sites (tertiary alicyclic amines) is 1. The van der Waals surface area contributed by atoms with Crippen LogP contribution in [-0.4, -0.2) is 35.7 Å². The molecule has 1 aliphatic heterocycles. The zero-order valence-corrected chi connectivity index (χ0v) is 17.2. The van der Waals surface area contributed by atoms with Gasteiger partial charge in [0, 0.05) is 24.7 Å². The maximum Gasteiger partial charge on any atom is 0.257 e. The van der Waals surface area contributed by atoms with Gasteiger partial charge in [-0.2, -0.15) is 0 Å². The molecule has 1 aliphatic carbocycles. The lowest BCUT2D eigenvalue weighted by molar-refractivity contribution is -0.135. The van der Waals surface area contributed by atoms with Crippen molar-refractivity contribution in [2.24, 2.45) is 11.8 Å². The number of hydrogen-bond donors (Lipinski definition) is 2. The predicted octanol–water partition coefficient (Wildman–Crippen LogP) is 3.83. The van der Waals surface area contributed by atoms with E-state index in [-0.39, 0.29) is 29.6 Å². The molecular weight excluding hydrogens is 378 g/mol. The van der Waals surface area contributed by atoms with Gasteiger partial charge in [-0.1, -0.05) is 24.3 Å². The summed E-state index contributed by atoms with van der Waals surface area (Å²) >= 11 is 0. The lowest BCUT2D eigenvalue weighted by Gasteiger charge is -2.32. The molecule has 1 saturated carbocycles. The molecule has 0 radical (unpaired) electrons. The van der Waals surface area contributed by atoms with Crippen molar-refractivity contribution < 1.29 is 14.4 Å². The Labute approximate surface area is 176 Å². The molecule has 2 N–H and O–H groups in total. The SMILES string of the molecule is Cc1cccc(NC(=O)c2ccccc2NC(=O)C2CCCN(C(=O)C3CC3)C2)c1. The fourth-order valence-corrected chi connectivity index (χ4v) is 3.93. The summed E-state index contributed by atoms with van der Waals surface area (Å²) in [6, 6.07) is 14.6. The van der Waals surface area contributed by atoms with Crippen molar-refractivity contribution in [2.45, 2.75) is 32.6 Å². The zero-order valence-electron chi connectivity index (χ0n) is 17.2. The van der Waals surface area contributed by atoms with Crippen LogP contribution in [0.2, 0.25) is 0 Å². The molecule has 156 valence electrons. The Morgan fingerprint density at radius 3 is 2.50 bits per heavy atom. The van der Waals surface area contributed by atoms with Crippen molar-refractivity contribution in [1.82, 2.24) is 4.90 Å². The summed E-state index contributed by atoms with van der Waals surface area (Å²) < 4.78 is 0. The lowest BCUT2D eigenvalue weighted by atomic mass is 9.96. The maximum atomic E-state index is 12.9. The van der Waals surface area contributed by atoms with E-state index in [2.05, 4.69) is 10.6 Å². The van der Waals surface area contributed by atoms with Crippen LogP contribution in [0.3, 0.4) is 0 Å². The van der Waals surface area contributed by atoms with Crippen LogP contribution >= 0.6 is 0 Å². The van der Waals surface area contributed by atoms with E-state index in [4.69, 9.17) is 0 Å². The first-order valence-electron chi connectivity index (χ1n) is 10.6. The third kappa shape index (κ3) is 4.70. The Kier molecular flexibility index (Phi) is 5.84. The fourth-order valence-electron chi connectivity index (χ4n) is 3.93. The highest BCUT2D eigenvalue weighted by atomic mass is 16.2. The number of anilines is 2. The second kappa shape index (κ2) is 8.69. The Morgan fingerprint density at radius 2 is 1.73 bits per heavy atom. The Morgan fingerprint density at radius 1 is 0.933 bits per heavy atom. The van der Waals surface area contributed by atoms with Crippen LogP contribution < -0.4 is 10.6 Å². The molecule has 6 nitrogen and oxygen atoms in total. The van der Waals surface area contributed by atoms with Gasteiger partial charge in [0.05, 0.1) is 17.2 Å². The number of nitrogens with zero attached hydrogens (tertiary/aromatic N) is 1. The molecule has 1 heterocycles. The van der Waals surface area contributed by atoms with Crippen molar-refractivity contribution >= 4 is 29.1 Å². The average Bonchev–Trinajstić information content (AvgIpc) is 3.59. The first-order chi connectivity index (χ1) is 14.5. The first kappa shape index (κ1) is 20.1. The number of carbonyl (C=O) groups excluding carboxylic acids is 3. The number of hydrogen-bond acceptors (Lipinski definition) is 3. The van der Waals surface area contributed by atoms with E-state index in [0.717, 1.165) is 37.8 Å². The van der Waals surface area contributed by atoms with Crippen molar-refractivity contribution in [3.8, 4) is 0 Å². The molecule has 4 rings (SSSR count). The molecule has 2 aliphatic rings. The summed E-state index contributed by atoms with van der Waals surface area (Å²) in [7, 11) is 0. The fraction of sp³-hybridized carbons (Fsp3) is 0.375. The van der Waals surface area contributed by atoms with Gasteiger partial charge in [0.15, 0.2) is 0 Å². The highest BCUT2D eigenvalue weighted by molar-refractivity contribution is 6.10. The third-order valence-electron chi connectivity index (χ3n) is 5.74. The normalized spacial score (nSPS) is 18.6. The highest BCUT2D eigenvalue weighted by Gasteiger charge is 2.36. The molecule has 2 aromatic carbocycles. The minimum Gasteiger partial charge on any atom is -0.342 e. The molecule has 6 heteroatoms. The number of piperidine rings is 1. The third-order valence-corrected chi connectivity index (χ3v) is 5.74. The number of nitrogens with one attached hydrogen (secondary N) is 2. The molecule has 0 bridgehead atoms. The van der Waals surface area contributed by atoms with Crippen LogP contribution in [0.1, 0.15) is 41.6 Å². The first-order valence-corrected chi connectivity index (χ1v) is 10.6. The second-order valence-corrected chi connectivity index (χ2v) is 8.26. The quantitative estimate of drug-likeness (QED) is 0.793. The van der Waals surface area contributed by atoms with Gasteiger partial charge >= 0.3 is 0 Å². The minimum atomic E-state index is -0.273. The van der Waals surface area contributed by atoms with Gasteiger partial charge in [-0.25, -0.2) is 0 Å². The van der Waals surface area contributed by atoms with E-state index in [1.807, 2.05) is 36.1 Å². The van der Waals surface area contributed by atoms with E-state index in [1.54, 1.807) is 24.3 Å². The Bertz CT molecular complexity index is 968. The van der Waals surface area contributed by atoms with Gasteiger partial charge in [0.2, 0.25) is 11.8 Å². The molecule has 0 aromatic heterocycles. The van der Waals surface area contributed by atoms with Gasteiger partial charge in [0.1, 0.15) is 0 Å². The molecule has 2 fully saturated rings. The van der Waals surface area contributed by atoms with E-state index in [0.29, 0.717) is 23.5 Å². The predicted molar refractivity (Wildman–Crippen MR) is 116 cm³/mol. The molecule has 1 saturated heterocycles. The van der Waals surface area contributed by atoms with Crippen molar-refractivity contribution in [2.75, 3.05) is 23.7 Å². The summed E-state index contributed by atoms with van der Waals surface area (Å²) in [5.41, 5.74) is 2.66. The van der Waals surface area contributed by atoms with Crippen LogP contribution in [0, 0.1) is 18.8 Å². The summed E-state index contributed by atoms with van der Waals surface area (Å²) in [6.07, 6.45) is 3.51. The number of carbonyl (C=O) groups is 3. The van der Waals surface area contributed by atoms with Crippen molar-refractivity contribution in [3.63, 3.8) is 0 Å². The van der Waals surface area contributed by atoms with E-state index >= 15 is 0 Å². The van der Waals surface area contributed by atoms with Crippen LogP contribution in [-0.2, 0) is 9.59 Å².